The molecule has 2 aromatic rings. The zero-order valence-electron chi connectivity index (χ0n) is 27.4. The average molecular weight is 679 g/mol. The minimum atomic E-state index is -2.27. The summed E-state index contributed by atoms with van der Waals surface area (Å²) in [6, 6.07) is 14.0. The molecule has 2 aromatic carbocycles. The van der Waals surface area contributed by atoms with Gasteiger partial charge in [0.05, 0.1) is 25.2 Å². The molecule has 2 aliphatic heterocycles. The molecule has 13 nitrogen and oxygen atoms in total. The van der Waals surface area contributed by atoms with Gasteiger partial charge in [0.1, 0.15) is 18.2 Å². The molecule has 0 spiro atoms. The number of hydrogen-bond acceptors (Lipinski definition) is 10. The average Bonchev–Trinajstić information content (AvgIpc) is 3.06. The SMILES string of the molecule is CC(C)(O)COc1ccc(CC(=O)N(Cc2ccc(F)cc2)C2CCN(CCC3OCCCO3)CC2)cc1.O=C(O)C(O)C(O)C(=O)O. The number of nitrogens with zero attached hydrogens (tertiary/aromatic N) is 2. The van der Waals surface area contributed by atoms with Crippen LogP contribution in [0, 0.1) is 5.82 Å². The lowest BCUT2D eigenvalue weighted by Gasteiger charge is -2.39. The Labute approximate surface area is 279 Å². The second kappa shape index (κ2) is 18.8. The summed E-state index contributed by atoms with van der Waals surface area (Å²) in [4.78, 5) is 37.5. The molecule has 2 unspecified atom stereocenters. The van der Waals surface area contributed by atoms with Crippen LogP contribution in [0.1, 0.15) is 50.7 Å². The number of rotatable bonds is 14. The van der Waals surface area contributed by atoms with Crippen molar-refractivity contribution in [2.75, 3.05) is 39.5 Å². The van der Waals surface area contributed by atoms with Crippen LogP contribution in [0.25, 0.3) is 0 Å². The number of aliphatic carboxylic acids is 2. The topological polar surface area (TPSA) is 187 Å². The van der Waals surface area contributed by atoms with Crippen molar-refractivity contribution in [2.24, 2.45) is 0 Å². The zero-order chi connectivity index (χ0) is 35.3. The van der Waals surface area contributed by atoms with Crippen molar-refractivity contribution in [2.45, 2.75) is 82.6 Å². The van der Waals surface area contributed by atoms with Crippen molar-refractivity contribution in [3.8, 4) is 5.75 Å². The molecule has 4 rings (SSSR count). The number of likely N-dealkylation sites (tertiary alicyclic amines) is 1. The number of amides is 1. The Morgan fingerprint density at radius 3 is 2.00 bits per heavy atom. The lowest BCUT2D eigenvalue weighted by Crippen LogP contribution is -2.48. The molecule has 48 heavy (non-hydrogen) atoms. The highest BCUT2D eigenvalue weighted by atomic mass is 19.1. The van der Waals surface area contributed by atoms with E-state index in [4.69, 9.17) is 34.6 Å². The molecule has 2 atom stereocenters. The highest BCUT2D eigenvalue weighted by Gasteiger charge is 2.30. The van der Waals surface area contributed by atoms with Gasteiger partial charge in [0, 0.05) is 38.6 Å². The number of ether oxygens (including phenoxy) is 3. The standard InChI is InChI=1S/C30H41FN2O5.C4H6O6/c1-30(2,35)22-38-27-10-6-23(7-11-27)20-28(34)33(21-24-4-8-25(31)9-5-24)26-12-15-32(16-13-26)17-14-29-36-18-3-19-37-29;5-1(3(7)8)2(6)4(9)10/h4-11,26,29,35H,3,12-22H2,1-2H3;1-2,5-6H,(H,7,8)(H,9,10). The Hall–Kier alpha value is -3.66. The molecule has 5 N–H and O–H groups in total. The summed E-state index contributed by atoms with van der Waals surface area (Å²) in [6.07, 6.45) is -0.756. The summed E-state index contributed by atoms with van der Waals surface area (Å²) in [5.41, 5.74) is 0.909. The normalized spacial score (nSPS) is 17.5. The minimum Gasteiger partial charge on any atom is -0.491 e. The van der Waals surface area contributed by atoms with Crippen molar-refractivity contribution in [1.29, 1.82) is 0 Å². The first-order valence-electron chi connectivity index (χ1n) is 16.0. The van der Waals surface area contributed by atoms with Crippen LogP contribution in [-0.4, -0.2) is 123 Å². The van der Waals surface area contributed by atoms with Crippen LogP contribution in [0.5, 0.6) is 5.75 Å². The lowest BCUT2D eigenvalue weighted by molar-refractivity contribution is -0.183. The van der Waals surface area contributed by atoms with Crippen LogP contribution in [0.15, 0.2) is 48.5 Å². The van der Waals surface area contributed by atoms with Gasteiger partial charge in [-0.25, -0.2) is 14.0 Å². The van der Waals surface area contributed by atoms with Gasteiger partial charge in [-0.3, -0.25) is 4.79 Å². The number of aliphatic hydroxyl groups excluding tert-OH is 2. The molecule has 266 valence electrons. The van der Waals surface area contributed by atoms with Crippen LogP contribution in [-0.2, 0) is 36.8 Å². The monoisotopic (exact) mass is 678 g/mol. The lowest BCUT2D eigenvalue weighted by atomic mass is 10.0. The summed E-state index contributed by atoms with van der Waals surface area (Å²) in [5, 5.41) is 42.4. The van der Waals surface area contributed by atoms with Crippen molar-refractivity contribution in [3.05, 3.63) is 65.5 Å². The summed E-state index contributed by atoms with van der Waals surface area (Å²) < 4.78 is 30.5. The van der Waals surface area contributed by atoms with E-state index in [1.165, 1.54) is 12.1 Å². The van der Waals surface area contributed by atoms with Gasteiger partial charge in [0.25, 0.3) is 0 Å². The third-order valence-corrected chi connectivity index (χ3v) is 7.84. The number of halogens is 1. The Kier molecular flexibility index (Phi) is 15.2. The number of carboxylic acid groups (broad SMARTS) is 2. The van der Waals surface area contributed by atoms with Crippen molar-refractivity contribution in [1.82, 2.24) is 9.80 Å². The molecule has 14 heteroatoms. The molecule has 2 aliphatic rings. The fourth-order valence-corrected chi connectivity index (χ4v) is 5.16. The maximum Gasteiger partial charge on any atom is 0.335 e. The summed E-state index contributed by atoms with van der Waals surface area (Å²) >= 11 is 0. The van der Waals surface area contributed by atoms with Crippen LogP contribution >= 0.6 is 0 Å². The number of carboxylic acids is 2. The maximum atomic E-state index is 13.6. The van der Waals surface area contributed by atoms with E-state index >= 15 is 0 Å². The largest absolute Gasteiger partial charge is 0.491 e. The number of carbonyl (C=O) groups is 3. The van der Waals surface area contributed by atoms with Gasteiger partial charge in [-0.05, 0) is 68.5 Å². The van der Waals surface area contributed by atoms with Gasteiger partial charge in [-0.2, -0.15) is 0 Å². The summed E-state index contributed by atoms with van der Waals surface area (Å²) in [5.74, 6) is -3.10. The number of carbonyl (C=O) groups excluding carboxylic acids is 1. The molecule has 0 bridgehead atoms. The van der Waals surface area contributed by atoms with E-state index in [0.717, 1.165) is 69.7 Å². The van der Waals surface area contributed by atoms with E-state index in [1.807, 2.05) is 29.2 Å². The van der Waals surface area contributed by atoms with Gasteiger partial charge in [-0.1, -0.05) is 24.3 Å². The molecule has 0 radical (unpaired) electrons. The molecular weight excluding hydrogens is 631 g/mol. The number of benzene rings is 2. The molecule has 1 amide bonds. The zero-order valence-corrected chi connectivity index (χ0v) is 27.4. The molecule has 2 heterocycles. The first kappa shape index (κ1) is 38.8. The van der Waals surface area contributed by atoms with Gasteiger partial charge < -0.3 is 49.5 Å². The maximum absolute atomic E-state index is 13.6. The molecule has 2 saturated heterocycles. The molecule has 0 saturated carbocycles. The fraction of sp³-hybridized carbons (Fsp3) is 0.559. The van der Waals surface area contributed by atoms with Crippen molar-refractivity contribution < 1.29 is 58.5 Å². The quantitative estimate of drug-likeness (QED) is 0.196. The summed E-state index contributed by atoms with van der Waals surface area (Å²) in [6.45, 7) is 8.32. The predicted molar refractivity (Wildman–Crippen MR) is 171 cm³/mol. The number of hydrogen-bond donors (Lipinski definition) is 5. The van der Waals surface area contributed by atoms with E-state index in [-0.39, 0.29) is 37.1 Å². The minimum absolute atomic E-state index is 0.0574. The van der Waals surface area contributed by atoms with Crippen LogP contribution in [0.3, 0.4) is 0 Å². The molecular formula is C34H47FN2O11. The van der Waals surface area contributed by atoms with Crippen LogP contribution < -0.4 is 4.74 Å². The third kappa shape index (κ3) is 13.5. The highest BCUT2D eigenvalue weighted by molar-refractivity contribution is 5.83. The van der Waals surface area contributed by atoms with Crippen molar-refractivity contribution >= 4 is 17.8 Å². The van der Waals surface area contributed by atoms with E-state index < -0.39 is 29.7 Å². The number of aliphatic hydroxyl groups is 3. The molecule has 2 fully saturated rings. The fourth-order valence-electron chi connectivity index (χ4n) is 5.16. The Balaban J connectivity index is 0.000000542. The van der Waals surface area contributed by atoms with Gasteiger partial charge in [-0.15, -0.1) is 0 Å². The van der Waals surface area contributed by atoms with E-state index in [9.17, 15) is 23.9 Å². The second-order valence-corrected chi connectivity index (χ2v) is 12.5. The van der Waals surface area contributed by atoms with Crippen molar-refractivity contribution in [3.63, 3.8) is 0 Å². The van der Waals surface area contributed by atoms with Crippen LogP contribution in [0.4, 0.5) is 4.39 Å². The van der Waals surface area contributed by atoms with Gasteiger partial charge in [0.15, 0.2) is 18.5 Å². The van der Waals surface area contributed by atoms with Gasteiger partial charge in [0.2, 0.25) is 5.91 Å². The van der Waals surface area contributed by atoms with E-state index in [2.05, 4.69) is 4.90 Å². The summed E-state index contributed by atoms with van der Waals surface area (Å²) in [7, 11) is 0. The Morgan fingerprint density at radius 2 is 1.48 bits per heavy atom. The highest BCUT2D eigenvalue weighted by Crippen LogP contribution is 2.23. The smallest absolute Gasteiger partial charge is 0.335 e. The van der Waals surface area contributed by atoms with E-state index in [0.29, 0.717) is 12.3 Å². The first-order valence-corrected chi connectivity index (χ1v) is 16.0. The predicted octanol–water partition coefficient (Wildman–Crippen LogP) is 2.04. The number of piperidine rings is 1. The van der Waals surface area contributed by atoms with Gasteiger partial charge >= 0.3 is 11.9 Å². The van der Waals surface area contributed by atoms with E-state index in [1.54, 1.807) is 26.0 Å². The molecule has 0 aliphatic carbocycles. The second-order valence-electron chi connectivity index (χ2n) is 12.5. The molecule has 0 aromatic heterocycles. The Morgan fingerprint density at radius 1 is 0.938 bits per heavy atom. The third-order valence-electron chi connectivity index (χ3n) is 7.84. The van der Waals surface area contributed by atoms with Crippen LogP contribution in [0.2, 0.25) is 0 Å². The first-order chi connectivity index (χ1) is 22.7. The Bertz CT molecular complexity index is 1270.